The van der Waals surface area contributed by atoms with Gasteiger partial charge in [0.05, 0.1) is 5.92 Å². The lowest BCUT2D eigenvalue weighted by atomic mass is 9.71. The summed E-state index contributed by atoms with van der Waals surface area (Å²) in [6, 6.07) is 7.48. The maximum Gasteiger partial charge on any atom is 0.227 e. The van der Waals surface area contributed by atoms with Gasteiger partial charge in [-0.3, -0.25) is 9.59 Å². The van der Waals surface area contributed by atoms with Crippen LogP contribution in [-0.2, 0) is 9.59 Å². The van der Waals surface area contributed by atoms with Crippen molar-refractivity contribution in [2.24, 2.45) is 17.3 Å². The Hall–Kier alpha value is -1.55. The molecule has 26 heavy (non-hydrogen) atoms. The van der Waals surface area contributed by atoms with Crippen LogP contribution in [0.3, 0.4) is 0 Å². The second-order valence-electron chi connectivity index (χ2n) is 8.81. The van der Waals surface area contributed by atoms with Gasteiger partial charge in [0.1, 0.15) is 0 Å². The van der Waals surface area contributed by atoms with Gasteiger partial charge in [-0.25, -0.2) is 0 Å². The summed E-state index contributed by atoms with van der Waals surface area (Å²) in [5, 5.41) is 3.79. The van der Waals surface area contributed by atoms with Crippen molar-refractivity contribution in [3.05, 3.63) is 29.3 Å². The fourth-order valence-electron chi connectivity index (χ4n) is 4.20. The van der Waals surface area contributed by atoms with Crippen LogP contribution in [-0.4, -0.2) is 24.4 Å². The molecule has 4 nitrogen and oxygen atoms in total. The fourth-order valence-corrected chi connectivity index (χ4v) is 4.38. The molecular weight excluding hydrogens is 348 g/mol. The van der Waals surface area contributed by atoms with E-state index in [9.17, 15) is 9.59 Å². The van der Waals surface area contributed by atoms with Crippen LogP contribution < -0.4 is 10.2 Å². The Morgan fingerprint density at radius 2 is 1.88 bits per heavy atom. The number of anilines is 1. The molecule has 1 aliphatic carbocycles. The molecule has 0 radical (unpaired) electrons. The predicted octanol–water partition coefficient (Wildman–Crippen LogP) is 4.41. The third kappa shape index (κ3) is 4.40. The zero-order valence-electron chi connectivity index (χ0n) is 15.9. The van der Waals surface area contributed by atoms with E-state index in [0.717, 1.165) is 37.3 Å². The highest BCUT2D eigenvalue weighted by Crippen LogP contribution is 2.38. The first-order valence-corrected chi connectivity index (χ1v) is 9.98. The van der Waals surface area contributed by atoms with Crippen LogP contribution in [0, 0.1) is 17.3 Å². The summed E-state index contributed by atoms with van der Waals surface area (Å²) in [5.41, 5.74) is 1.10. The summed E-state index contributed by atoms with van der Waals surface area (Å²) >= 11 is 6.03. The normalized spacial score (nSPS) is 26.8. The van der Waals surface area contributed by atoms with Gasteiger partial charge in [0.15, 0.2) is 0 Å². The Balaban J connectivity index is 1.54. The van der Waals surface area contributed by atoms with Crippen molar-refractivity contribution in [3.8, 4) is 0 Å². The van der Waals surface area contributed by atoms with Gasteiger partial charge in [-0.15, -0.1) is 0 Å². The molecule has 2 aliphatic rings. The van der Waals surface area contributed by atoms with Gasteiger partial charge < -0.3 is 10.2 Å². The molecule has 0 spiro atoms. The standard InChI is InChI=1S/C21H29ClN2O2/c1-21(2,3)15-7-9-17(10-8-15)23-20(26)14-11-19(25)24(13-14)18-6-4-5-16(22)12-18/h4-6,12,14-15,17H,7-11,13H2,1-3H3,(H,23,26)/t14-,15?,17?/m1/s1. The van der Waals surface area contributed by atoms with Crippen molar-refractivity contribution in [1.29, 1.82) is 0 Å². The Morgan fingerprint density at radius 3 is 2.50 bits per heavy atom. The molecule has 1 atom stereocenters. The minimum atomic E-state index is -0.276. The monoisotopic (exact) mass is 376 g/mol. The molecule has 0 unspecified atom stereocenters. The van der Waals surface area contributed by atoms with Gasteiger partial charge in [0.25, 0.3) is 0 Å². The van der Waals surface area contributed by atoms with Crippen molar-refractivity contribution in [2.75, 3.05) is 11.4 Å². The predicted molar refractivity (Wildman–Crippen MR) is 105 cm³/mol. The maximum absolute atomic E-state index is 12.7. The Morgan fingerprint density at radius 1 is 1.19 bits per heavy atom. The molecular formula is C21H29ClN2O2. The van der Waals surface area contributed by atoms with Crippen molar-refractivity contribution < 1.29 is 9.59 Å². The highest BCUT2D eigenvalue weighted by atomic mass is 35.5. The third-order valence-electron chi connectivity index (χ3n) is 5.91. The highest BCUT2D eigenvalue weighted by molar-refractivity contribution is 6.30. The third-order valence-corrected chi connectivity index (χ3v) is 6.15. The molecule has 5 heteroatoms. The minimum absolute atomic E-state index is 0.0103. The van der Waals surface area contributed by atoms with Gasteiger partial charge in [-0.2, -0.15) is 0 Å². The van der Waals surface area contributed by atoms with E-state index < -0.39 is 0 Å². The van der Waals surface area contributed by atoms with Gasteiger partial charge in [-0.05, 0) is 55.2 Å². The Kier molecular flexibility index (Phi) is 5.61. The second kappa shape index (κ2) is 7.59. The van der Waals surface area contributed by atoms with Crippen molar-refractivity contribution in [1.82, 2.24) is 5.32 Å². The number of halogens is 1. The number of nitrogens with one attached hydrogen (secondary N) is 1. The number of nitrogens with zero attached hydrogens (tertiary/aromatic N) is 1. The van der Waals surface area contributed by atoms with Gasteiger partial charge in [-0.1, -0.05) is 38.4 Å². The summed E-state index contributed by atoms with van der Waals surface area (Å²) < 4.78 is 0. The number of amides is 2. The zero-order chi connectivity index (χ0) is 18.9. The number of carbonyl (C=O) groups excluding carboxylic acids is 2. The average Bonchev–Trinajstić information content (AvgIpc) is 2.96. The van der Waals surface area contributed by atoms with Crippen LogP contribution in [0.25, 0.3) is 0 Å². The molecule has 1 saturated carbocycles. The molecule has 0 aromatic heterocycles. The molecule has 1 heterocycles. The van der Waals surface area contributed by atoms with E-state index >= 15 is 0 Å². The summed E-state index contributed by atoms with van der Waals surface area (Å²) in [6.45, 7) is 7.32. The number of hydrogen-bond donors (Lipinski definition) is 1. The number of hydrogen-bond acceptors (Lipinski definition) is 2. The summed E-state index contributed by atoms with van der Waals surface area (Å²) in [5.74, 6) is 0.454. The van der Waals surface area contributed by atoms with Crippen molar-refractivity contribution >= 4 is 29.1 Å². The van der Waals surface area contributed by atoms with E-state index in [4.69, 9.17) is 11.6 Å². The molecule has 1 N–H and O–H groups in total. The Bertz CT molecular complexity index is 675. The lowest BCUT2D eigenvalue weighted by Crippen LogP contribution is -2.42. The van der Waals surface area contributed by atoms with Crippen LogP contribution in [0.4, 0.5) is 5.69 Å². The van der Waals surface area contributed by atoms with Crippen LogP contribution in [0.15, 0.2) is 24.3 Å². The van der Waals surface area contributed by atoms with Crippen LogP contribution in [0.1, 0.15) is 52.9 Å². The van der Waals surface area contributed by atoms with E-state index in [1.807, 2.05) is 12.1 Å². The molecule has 142 valence electrons. The molecule has 1 aromatic carbocycles. The smallest absolute Gasteiger partial charge is 0.227 e. The van der Waals surface area contributed by atoms with Gasteiger partial charge >= 0.3 is 0 Å². The van der Waals surface area contributed by atoms with Crippen LogP contribution >= 0.6 is 11.6 Å². The van der Waals surface area contributed by atoms with E-state index in [-0.39, 0.29) is 30.2 Å². The van der Waals surface area contributed by atoms with E-state index in [2.05, 4.69) is 26.1 Å². The molecule has 3 rings (SSSR count). The molecule has 1 aliphatic heterocycles. The molecule has 2 amide bonds. The minimum Gasteiger partial charge on any atom is -0.353 e. The largest absolute Gasteiger partial charge is 0.353 e. The highest BCUT2D eigenvalue weighted by Gasteiger charge is 2.37. The SMILES string of the molecule is CC(C)(C)C1CCC(NC(=O)[C@@H]2CC(=O)N(c3cccc(Cl)c3)C2)CC1. The number of benzene rings is 1. The number of carbonyl (C=O) groups is 2. The van der Waals surface area contributed by atoms with E-state index in [1.165, 1.54) is 0 Å². The molecule has 0 bridgehead atoms. The first-order chi connectivity index (χ1) is 12.2. The fraction of sp³-hybridized carbons (Fsp3) is 0.619. The van der Waals surface area contributed by atoms with E-state index in [1.54, 1.807) is 17.0 Å². The van der Waals surface area contributed by atoms with Crippen molar-refractivity contribution in [2.45, 2.75) is 58.9 Å². The maximum atomic E-state index is 12.7. The van der Waals surface area contributed by atoms with Gasteiger partial charge in [0.2, 0.25) is 11.8 Å². The second-order valence-corrected chi connectivity index (χ2v) is 9.24. The molecule has 2 fully saturated rings. The lowest BCUT2D eigenvalue weighted by Gasteiger charge is -2.37. The first-order valence-electron chi connectivity index (χ1n) is 9.60. The van der Waals surface area contributed by atoms with Crippen molar-refractivity contribution in [3.63, 3.8) is 0 Å². The van der Waals surface area contributed by atoms with Gasteiger partial charge in [0, 0.05) is 29.7 Å². The first kappa shape index (κ1) is 19.2. The molecule has 1 aromatic rings. The summed E-state index contributed by atoms with van der Waals surface area (Å²) in [4.78, 5) is 26.7. The quantitative estimate of drug-likeness (QED) is 0.849. The van der Waals surface area contributed by atoms with Crippen LogP contribution in [0.2, 0.25) is 5.02 Å². The Labute approximate surface area is 161 Å². The lowest BCUT2D eigenvalue weighted by molar-refractivity contribution is -0.127. The van der Waals surface area contributed by atoms with Crippen LogP contribution in [0.5, 0.6) is 0 Å². The summed E-state index contributed by atoms with van der Waals surface area (Å²) in [7, 11) is 0. The summed E-state index contributed by atoms with van der Waals surface area (Å²) in [6.07, 6.45) is 4.66. The zero-order valence-corrected chi connectivity index (χ0v) is 16.7. The number of rotatable bonds is 3. The van der Waals surface area contributed by atoms with E-state index in [0.29, 0.717) is 17.0 Å². The molecule has 1 saturated heterocycles. The topological polar surface area (TPSA) is 49.4 Å². The average molecular weight is 377 g/mol.